The molecular weight excluding hydrogens is 475 g/mol. The minimum absolute atomic E-state index is 0.0622. The molecule has 0 radical (unpaired) electrons. The zero-order valence-electron chi connectivity index (χ0n) is 18.3. The summed E-state index contributed by atoms with van der Waals surface area (Å²) in [6.07, 6.45) is 0. The molecule has 1 heterocycles. The number of rotatable bonds is 6. The first-order valence-electron chi connectivity index (χ1n) is 10.5. The van der Waals surface area contributed by atoms with Gasteiger partial charge in [0, 0.05) is 10.7 Å². The fourth-order valence-corrected chi connectivity index (χ4v) is 3.90. The predicted octanol–water partition coefficient (Wildman–Crippen LogP) is 6.12. The Balaban J connectivity index is 1.49. The number of ether oxygens (including phenoxy) is 1. The highest BCUT2D eigenvalue weighted by atomic mass is 35.5. The van der Waals surface area contributed by atoms with Crippen LogP contribution in [0.3, 0.4) is 0 Å². The number of carbonyl (C=O) groups is 3. The largest absolute Gasteiger partial charge is 0.423 e. The summed E-state index contributed by atoms with van der Waals surface area (Å²) in [6, 6.07) is 20.1. The lowest BCUT2D eigenvalue weighted by molar-refractivity contribution is -0.120. The van der Waals surface area contributed by atoms with Crippen molar-refractivity contribution in [2.24, 2.45) is 0 Å². The molecule has 0 unspecified atom stereocenters. The molecular formula is C26H20Cl2N2O4. The van der Waals surface area contributed by atoms with E-state index in [4.69, 9.17) is 27.9 Å². The number of nitrogens with zero attached hydrogens (tertiary/aromatic N) is 1. The van der Waals surface area contributed by atoms with Crippen molar-refractivity contribution in [2.45, 2.75) is 19.8 Å². The van der Waals surface area contributed by atoms with Crippen LogP contribution >= 0.6 is 23.2 Å². The molecule has 172 valence electrons. The van der Waals surface area contributed by atoms with Crippen LogP contribution in [0.15, 0.2) is 83.5 Å². The first-order chi connectivity index (χ1) is 16.3. The predicted molar refractivity (Wildman–Crippen MR) is 132 cm³/mol. The van der Waals surface area contributed by atoms with E-state index in [1.54, 1.807) is 48.5 Å². The van der Waals surface area contributed by atoms with Gasteiger partial charge in [-0.15, -0.1) is 0 Å². The van der Waals surface area contributed by atoms with Gasteiger partial charge in [-0.25, -0.2) is 9.69 Å². The molecule has 1 aliphatic rings. The van der Waals surface area contributed by atoms with Crippen LogP contribution in [0.4, 0.5) is 11.4 Å². The van der Waals surface area contributed by atoms with Gasteiger partial charge >= 0.3 is 5.97 Å². The first-order valence-corrected chi connectivity index (χ1v) is 11.2. The van der Waals surface area contributed by atoms with E-state index in [-0.39, 0.29) is 16.6 Å². The summed E-state index contributed by atoms with van der Waals surface area (Å²) in [7, 11) is 0. The number of hydrogen-bond acceptors (Lipinski definition) is 5. The van der Waals surface area contributed by atoms with E-state index in [9.17, 15) is 14.4 Å². The standard InChI is InChI=1S/C26H20Cl2N2O4/c1-15(2)20-8-3-4-9-21(20)34-26(33)16-10-12-18(13-11-16)29-23-22(28)24(31)30(25(23)32)19-7-5-6-17(27)14-19/h3-15,29H,1-2H3. The molecule has 3 aromatic carbocycles. The molecule has 0 bridgehead atoms. The molecule has 34 heavy (non-hydrogen) atoms. The summed E-state index contributed by atoms with van der Waals surface area (Å²) in [5.74, 6) is -1.05. The van der Waals surface area contributed by atoms with Crippen molar-refractivity contribution >= 4 is 52.4 Å². The Morgan fingerprint density at radius 2 is 1.62 bits per heavy atom. The molecule has 0 aliphatic carbocycles. The molecule has 8 heteroatoms. The molecule has 1 N–H and O–H groups in total. The third-order valence-corrected chi connectivity index (χ3v) is 5.81. The molecule has 3 aromatic rings. The molecule has 0 spiro atoms. The van der Waals surface area contributed by atoms with Gasteiger partial charge in [0.1, 0.15) is 16.5 Å². The van der Waals surface area contributed by atoms with Crippen molar-refractivity contribution in [3.8, 4) is 5.75 Å². The first kappa shape index (κ1) is 23.5. The Hall–Kier alpha value is -3.61. The van der Waals surface area contributed by atoms with E-state index >= 15 is 0 Å². The van der Waals surface area contributed by atoms with Gasteiger partial charge in [-0.2, -0.15) is 0 Å². The average Bonchev–Trinajstić information content (AvgIpc) is 3.02. The van der Waals surface area contributed by atoms with Gasteiger partial charge in [-0.1, -0.05) is 61.3 Å². The number of nitrogens with one attached hydrogen (secondary N) is 1. The van der Waals surface area contributed by atoms with Crippen LogP contribution in [0.1, 0.15) is 35.7 Å². The molecule has 0 saturated carbocycles. The summed E-state index contributed by atoms with van der Waals surface area (Å²) in [6.45, 7) is 4.05. The summed E-state index contributed by atoms with van der Waals surface area (Å²) in [5, 5.41) is 3.02. The van der Waals surface area contributed by atoms with Crippen LogP contribution < -0.4 is 15.0 Å². The van der Waals surface area contributed by atoms with E-state index in [2.05, 4.69) is 5.32 Å². The Morgan fingerprint density at radius 3 is 2.29 bits per heavy atom. The normalized spacial score (nSPS) is 13.6. The Kier molecular flexibility index (Phi) is 6.72. The van der Waals surface area contributed by atoms with E-state index in [0.29, 0.717) is 27.7 Å². The number of esters is 1. The topological polar surface area (TPSA) is 75.7 Å². The second-order valence-electron chi connectivity index (χ2n) is 7.90. The van der Waals surface area contributed by atoms with E-state index < -0.39 is 17.8 Å². The molecule has 0 saturated heterocycles. The Labute approximate surface area is 206 Å². The van der Waals surface area contributed by atoms with Crippen LogP contribution in [0.2, 0.25) is 5.02 Å². The molecule has 6 nitrogen and oxygen atoms in total. The number of halogens is 2. The third kappa shape index (κ3) is 4.69. The van der Waals surface area contributed by atoms with Crippen molar-refractivity contribution in [2.75, 3.05) is 10.2 Å². The number of carbonyl (C=O) groups excluding carboxylic acids is 3. The molecule has 1 aliphatic heterocycles. The van der Waals surface area contributed by atoms with Gasteiger partial charge in [0.2, 0.25) is 0 Å². The molecule has 2 amide bonds. The van der Waals surface area contributed by atoms with Gasteiger partial charge < -0.3 is 10.1 Å². The van der Waals surface area contributed by atoms with Crippen LogP contribution in [-0.2, 0) is 9.59 Å². The van der Waals surface area contributed by atoms with Gasteiger partial charge in [0.15, 0.2) is 0 Å². The van der Waals surface area contributed by atoms with Crippen molar-refractivity contribution < 1.29 is 19.1 Å². The Morgan fingerprint density at radius 1 is 0.912 bits per heavy atom. The van der Waals surface area contributed by atoms with Crippen molar-refractivity contribution in [3.63, 3.8) is 0 Å². The number of para-hydroxylation sites is 1. The number of amides is 2. The fourth-order valence-electron chi connectivity index (χ4n) is 3.50. The number of anilines is 2. The van der Waals surface area contributed by atoms with Crippen LogP contribution in [0.5, 0.6) is 5.75 Å². The zero-order chi connectivity index (χ0) is 24.4. The zero-order valence-corrected chi connectivity index (χ0v) is 19.9. The van der Waals surface area contributed by atoms with Crippen LogP contribution in [0, 0.1) is 0 Å². The van der Waals surface area contributed by atoms with Crippen LogP contribution in [0.25, 0.3) is 0 Å². The highest BCUT2D eigenvalue weighted by Gasteiger charge is 2.39. The summed E-state index contributed by atoms with van der Waals surface area (Å²) >= 11 is 12.2. The monoisotopic (exact) mass is 494 g/mol. The minimum Gasteiger partial charge on any atom is -0.423 e. The average molecular weight is 495 g/mol. The van der Waals surface area contributed by atoms with Gasteiger partial charge in [0.05, 0.1) is 11.3 Å². The van der Waals surface area contributed by atoms with Crippen LogP contribution in [-0.4, -0.2) is 17.8 Å². The summed E-state index contributed by atoms with van der Waals surface area (Å²) in [4.78, 5) is 39.1. The quantitative estimate of drug-likeness (QED) is 0.253. The number of hydrogen-bond donors (Lipinski definition) is 1. The van der Waals surface area contributed by atoms with Crippen molar-refractivity contribution in [3.05, 3.63) is 99.7 Å². The smallest absolute Gasteiger partial charge is 0.343 e. The van der Waals surface area contributed by atoms with E-state index in [1.165, 1.54) is 6.07 Å². The molecule has 0 atom stereocenters. The highest BCUT2D eigenvalue weighted by molar-refractivity contribution is 6.53. The molecule has 0 aromatic heterocycles. The molecule has 0 fully saturated rings. The summed E-state index contributed by atoms with van der Waals surface area (Å²) < 4.78 is 5.58. The third-order valence-electron chi connectivity index (χ3n) is 5.23. The minimum atomic E-state index is -0.652. The molecule has 4 rings (SSSR count). The lowest BCUT2D eigenvalue weighted by Gasteiger charge is -2.15. The van der Waals surface area contributed by atoms with E-state index in [0.717, 1.165) is 10.5 Å². The number of imide groups is 1. The van der Waals surface area contributed by atoms with Crippen molar-refractivity contribution in [1.82, 2.24) is 0 Å². The maximum absolute atomic E-state index is 12.9. The maximum atomic E-state index is 12.9. The SMILES string of the molecule is CC(C)c1ccccc1OC(=O)c1ccc(NC2=C(Cl)C(=O)N(c3cccc(Cl)c3)C2=O)cc1. The second kappa shape index (κ2) is 9.71. The summed E-state index contributed by atoms with van der Waals surface area (Å²) in [5.41, 5.74) is 1.99. The maximum Gasteiger partial charge on any atom is 0.343 e. The lowest BCUT2D eigenvalue weighted by atomic mass is 10.0. The lowest BCUT2D eigenvalue weighted by Crippen LogP contribution is -2.32. The second-order valence-corrected chi connectivity index (χ2v) is 8.71. The van der Waals surface area contributed by atoms with Gasteiger partial charge in [-0.05, 0) is 60.0 Å². The highest BCUT2D eigenvalue weighted by Crippen LogP contribution is 2.31. The van der Waals surface area contributed by atoms with Gasteiger partial charge in [-0.3, -0.25) is 9.59 Å². The van der Waals surface area contributed by atoms with E-state index in [1.807, 2.05) is 32.0 Å². The fraction of sp³-hybridized carbons (Fsp3) is 0.115. The van der Waals surface area contributed by atoms with Gasteiger partial charge in [0.25, 0.3) is 11.8 Å². The number of benzene rings is 3. The Bertz CT molecular complexity index is 1320. The van der Waals surface area contributed by atoms with Crippen molar-refractivity contribution in [1.29, 1.82) is 0 Å².